The molecule has 1 rings (SSSR count). The van der Waals surface area contributed by atoms with E-state index in [1.807, 2.05) is 0 Å². The van der Waals surface area contributed by atoms with Crippen molar-refractivity contribution in [3.05, 3.63) is 0 Å². The van der Waals surface area contributed by atoms with Gasteiger partial charge in [-0.3, -0.25) is 4.79 Å². The minimum absolute atomic E-state index is 0.174. The van der Waals surface area contributed by atoms with Gasteiger partial charge in [0.1, 0.15) is 0 Å². The predicted octanol–water partition coefficient (Wildman–Crippen LogP) is -0.866. The molecule has 1 amide bonds. The number of carbonyl (C=O) groups is 1. The molecule has 0 radical (unpaired) electrons. The highest BCUT2D eigenvalue weighted by Gasteiger charge is 2.14. The summed E-state index contributed by atoms with van der Waals surface area (Å²) in [6, 6.07) is 0. The molecule has 9 heteroatoms. The molecular weight excluding hydrogens is 270 g/mol. The Labute approximate surface area is 115 Å². The van der Waals surface area contributed by atoms with Crippen LogP contribution in [0.5, 0.6) is 0 Å². The molecule has 0 fully saturated rings. The van der Waals surface area contributed by atoms with Gasteiger partial charge >= 0.3 is 0 Å². The molecule has 8 nitrogen and oxygen atoms in total. The van der Waals surface area contributed by atoms with E-state index in [-0.39, 0.29) is 18.2 Å². The Balaban J connectivity index is 2.49. The van der Waals surface area contributed by atoms with Crippen molar-refractivity contribution in [2.24, 2.45) is 0 Å². The van der Waals surface area contributed by atoms with Gasteiger partial charge in [-0.15, -0.1) is 11.5 Å². The van der Waals surface area contributed by atoms with Crippen molar-refractivity contribution in [3.63, 3.8) is 0 Å². The maximum Gasteiger partial charge on any atom is 0.231 e. The van der Waals surface area contributed by atoms with E-state index in [1.54, 1.807) is 0 Å². The van der Waals surface area contributed by atoms with Crippen LogP contribution in [-0.4, -0.2) is 58.9 Å². The Kier molecular flexibility index (Phi) is 6.88. The minimum Gasteiger partial charge on any atom is -0.354 e. The molecule has 0 aromatic carbocycles. The van der Waals surface area contributed by atoms with E-state index in [0.717, 1.165) is 0 Å². The zero-order valence-corrected chi connectivity index (χ0v) is 11.5. The lowest BCUT2D eigenvalue weighted by atomic mass is 10.6. The fourth-order valence-electron chi connectivity index (χ4n) is 1.13. The Morgan fingerprint density at radius 1 is 1.58 bits per heavy atom. The van der Waals surface area contributed by atoms with Crippen LogP contribution in [-0.2, 0) is 20.8 Å². The summed E-state index contributed by atoms with van der Waals surface area (Å²) in [5.74, 6) is 2.34. The average molecular weight is 285 g/mol. The molecule has 19 heavy (non-hydrogen) atoms. The maximum atomic E-state index is 11.4. The fourth-order valence-corrected chi connectivity index (χ4v) is 1.85. The van der Waals surface area contributed by atoms with E-state index >= 15 is 0 Å². The molecule has 1 aromatic heterocycles. The molecule has 1 heterocycles. The van der Waals surface area contributed by atoms with Gasteiger partial charge < -0.3 is 14.8 Å². The van der Waals surface area contributed by atoms with E-state index in [4.69, 9.17) is 15.9 Å². The number of methoxy groups -OCH3 is 2. The number of nitrogens with one attached hydrogen (secondary N) is 1. The average Bonchev–Trinajstić information content (AvgIpc) is 2.87. The Morgan fingerprint density at radius 3 is 2.95 bits per heavy atom. The summed E-state index contributed by atoms with van der Waals surface area (Å²) in [5, 5.41) is 14.2. The van der Waals surface area contributed by atoms with Crippen LogP contribution in [0.2, 0.25) is 0 Å². The standard InChI is InChI=1S/C10H15N5O3S/c1-4-5-11-8(16)7-19-10-12-13-14-15(10)6-9(17-2)18-3/h1,9H,5-7H2,2-3H3,(H,11,16). The molecule has 1 aromatic rings. The third-order valence-corrected chi connectivity index (χ3v) is 3.02. The number of carbonyl (C=O) groups excluding carboxylic acids is 1. The van der Waals surface area contributed by atoms with Gasteiger partial charge in [0.2, 0.25) is 11.1 Å². The van der Waals surface area contributed by atoms with Crippen molar-refractivity contribution in [2.45, 2.75) is 18.0 Å². The van der Waals surface area contributed by atoms with Gasteiger partial charge in [-0.05, 0) is 10.4 Å². The van der Waals surface area contributed by atoms with Crippen LogP contribution in [0.1, 0.15) is 0 Å². The second-order valence-corrected chi connectivity index (χ2v) is 4.26. The summed E-state index contributed by atoms with van der Waals surface area (Å²) >= 11 is 1.21. The van der Waals surface area contributed by atoms with Crippen molar-refractivity contribution in [1.82, 2.24) is 25.5 Å². The van der Waals surface area contributed by atoms with Gasteiger partial charge in [-0.2, -0.15) is 0 Å². The summed E-state index contributed by atoms with van der Waals surface area (Å²) in [5.41, 5.74) is 0. The maximum absolute atomic E-state index is 11.4. The van der Waals surface area contributed by atoms with E-state index < -0.39 is 6.29 Å². The van der Waals surface area contributed by atoms with Crippen molar-refractivity contribution >= 4 is 17.7 Å². The first kappa shape index (κ1) is 15.4. The molecule has 0 bridgehead atoms. The van der Waals surface area contributed by atoms with E-state index in [1.165, 1.54) is 30.7 Å². The highest BCUT2D eigenvalue weighted by Crippen LogP contribution is 2.13. The van der Waals surface area contributed by atoms with Crippen LogP contribution in [0.25, 0.3) is 0 Å². The molecule has 0 spiro atoms. The number of terminal acetylenes is 1. The zero-order chi connectivity index (χ0) is 14.1. The van der Waals surface area contributed by atoms with Gasteiger partial charge in [0.15, 0.2) is 6.29 Å². The molecule has 0 aliphatic heterocycles. The highest BCUT2D eigenvalue weighted by molar-refractivity contribution is 7.99. The molecule has 104 valence electrons. The molecule has 0 saturated heterocycles. The first-order chi connectivity index (χ1) is 9.21. The third-order valence-electron chi connectivity index (χ3n) is 2.07. The van der Waals surface area contributed by atoms with Crippen molar-refractivity contribution in [3.8, 4) is 12.3 Å². The lowest BCUT2D eigenvalue weighted by Gasteiger charge is -2.13. The Hall–Kier alpha value is -1.63. The van der Waals surface area contributed by atoms with Crippen LogP contribution >= 0.6 is 11.8 Å². The van der Waals surface area contributed by atoms with Crippen LogP contribution in [0.3, 0.4) is 0 Å². The number of nitrogens with zero attached hydrogens (tertiary/aromatic N) is 4. The van der Waals surface area contributed by atoms with E-state index in [9.17, 15) is 4.79 Å². The van der Waals surface area contributed by atoms with Gasteiger partial charge in [-0.1, -0.05) is 17.7 Å². The number of tetrazole rings is 1. The SMILES string of the molecule is C#CCNC(=O)CSc1nnnn1CC(OC)OC. The van der Waals surface area contributed by atoms with Gasteiger partial charge in [0.05, 0.1) is 18.8 Å². The molecule has 0 aliphatic rings. The van der Waals surface area contributed by atoms with Crippen LogP contribution in [0.15, 0.2) is 5.16 Å². The zero-order valence-electron chi connectivity index (χ0n) is 10.7. The smallest absolute Gasteiger partial charge is 0.231 e. The van der Waals surface area contributed by atoms with Crippen molar-refractivity contribution in [1.29, 1.82) is 0 Å². The number of rotatable bonds is 8. The van der Waals surface area contributed by atoms with Crippen LogP contribution in [0, 0.1) is 12.3 Å². The molecule has 0 atom stereocenters. The number of hydrogen-bond acceptors (Lipinski definition) is 7. The van der Waals surface area contributed by atoms with Crippen molar-refractivity contribution < 1.29 is 14.3 Å². The molecular formula is C10H15N5O3S. The predicted molar refractivity (Wildman–Crippen MR) is 68.2 cm³/mol. The van der Waals surface area contributed by atoms with Gasteiger partial charge in [0.25, 0.3) is 0 Å². The van der Waals surface area contributed by atoms with Crippen molar-refractivity contribution in [2.75, 3.05) is 26.5 Å². The van der Waals surface area contributed by atoms with Crippen LogP contribution in [0.4, 0.5) is 0 Å². The first-order valence-corrected chi connectivity index (χ1v) is 6.34. The van der Waals surface area contributed by atoms with E-state index in [2.05, 4.69) is 26.8 Å². The quantitative estimate of drug-likeness (QED) is 0.377. The lowest BCUT2D eigenvalue weighted by molar-refractivity contribution is -0.118. The molecule has 0 unspecified atom stereocenters. The number of thioether (sulfide) groups is 1. The topological polar surface area (TPSA) is 91.2 Å². The monoisotopic (exact) mass is 285 g/mol. The van der Waals surface area contributed by atoms with Gasteiger partial charge in [0, 0.05) is 14.2 Å². The second-order valence-electron chi connectivity index (χ2n) is 3.31. The summed E-state index contributed by atoms with van der Waals surface area (Å²) < 4.78 is 11.6. The lowest BCUT2D eigenvalue weighted by Crippen LogP contribution is -2.26. The Bertz CT molecular complexity index is 441. The minimum atomic E-state index is -0.446. The number of aromatic nitrogens is 4. The first-order valence-electron chi connectivity index (χ1n) is 5.36. The van der Waals surface area contributed by atoms with Crippen LogP contribution < -0.4 is 5.32 Å². The largest absolute Gasteiger partial charge is 0.354 e. The number of ether oxygens (including phenoxy) is 2. The highest BCUT2D eigenvalue weighted by atomic mass is 32.2. The molecule has 1 N–H and O–H groups in total. The third kappa shape index (κ3) is 5.25. The summed E-state index contributed by atoms with van der Waals surface area (Å²) in [6.45, 7) is 0.550. The number of hydrogen-bond donors (Lipinski definition) is 1. The summed E-state index contributed by atoms with van der Waals surface area (Å²) in [6.07, 6.45) is 4.60. The summed E-state index contributed by atoms with van der Waals surface area (Å²) in [7, 11) is 3.05. The molecule has 0 saturated carbocycles. The van der Waals surface area contributed by atoms with E-state index in [0.29, 0.717) is 11.7 Å². The molecule has 0 aliphatic carbocycles. The van der Waals surface area contributed by atoms with Gasteiger partial charge in [-0.25, -0.2) is 4.68 Å². The second kappa shape index (κ2) is 8.47. The Morgan fingerprint density at radius 2 is 2.32 bits per heavy atom. The normalized spacial score (nSPS) is 10.4. The fraction of sp³-hybridized carbons (Fsp3) is 0.600. The summed E-state index contributed by atoms with van der Waals surface area (Å²) in [4.78, 5) is 11.4. The number of amides is 1.